The highest BCUT2D eigenvalue weighted by molar-refractivity contribution is 5.40. The van der Waals surface area contributed by atoms with Gasteiger partial charge in [0.25, 0.3) is 0 Å². The summed E-state index contributed by atoms with van der Waals surface area (Å²) in [5, 5.41) is 9.88. The van der Waals surface area contributed by atoms with Crippen LogP contribution in [0.1, 0.15) is 17.5 Å². The predicted octanol–water partition coefficient (Wildman–Crippen LogP) is 1.69. The fourth-order valence-electron chi connectivity index (χ4n) is 3.55. The highest BCUT2D eigenvalue weighted by Crippen LogP contribution is 2.35. The van der Waals surface area contributed by atoms with E-state index >= 15 is 0 Å². The largest absolute Gasteiger partial charge is 0.497 e. The van der Waals surface area contributed by atoms with Crippen molar-refractivity contribution in [3.63, 3.8) is 0 Å². The number of hydrogen-bond donors (Lipinski definition) is 0. The smallest absolute Gasteiger partial charge is 0.119 e. The summed E-state index contributed by atoms with van der Waals surface area (Å²) in [7, 11) is 3.85. The number of likely N-dealkylation sites (N-methyl/N-ethyl adjacent to an activating group) is 1. The summed E-state index contributed by atoms with van der Waals surface area (Å²) in [4.78, 5) is 4.73. The van der Waals surface area contributed by atoms with Crippen molar-refractivity contribution >= 4 is 0 Å². The molecule has 0 amide bonds. The molecule has 0 N–H and O–H groups in total. The molecule has 0 aromatic heterocycles. The summed E-state index contributed by atoms with van der Waals surface area (Å²) < 4.78 is 5.34. The minimum atomic E-state index is -0.333. The van der Waals surface area contributed by atoms with Crippen molar-refractivity contribution in [2.45, 2.75) is 24.8 Å². The Morgan fingerprint density at radius 3 is 2.62 bits per heavy atom. The fraction of sp³-hybridized carbons (Fsp3) is 0.588. The summed E-state index contributed by atoms with van der Waals surface area (Å²) >= 11 is 0. The first-order chi connectivity index (χ1) is 10.2. The van der Waals surface area contributed by atoms with Crippen molar-refractivity contribution < 1.29 is 4.74 Å². The van der Waals surface area contributed by atoms with E-state index in [4.69, 9.17) is 4.74 Å². The van der Waals surface area contributed by atoms with Gasteiger partial charge in [-0.15, -0.1) is 0 Å². The Hall–Kier alpha value is -1.57. The summed E-state index contributed by atoms with van der Waals surface area (Å²) in [5.41, 5.74) is 2.32. The maximum atomic E-state index is 9.88. The molecule has 1 aliphatic carbocycles. The number of aryl methyl sites for hydroxylation is 1. The third kappa shape index (κ3) is 2.64. The second-order valence-electron chi connectivity index (χ2n) is 6.25. The van der Waals surface area contributed by atoms with Gasteiger partial charge in [-0.3, -0.25) is 4.90 Å². The molecule has 0 bridgehead atoms. The maximum Gasteiger partial charge on any atom is 0.119 e. The van der Waals surface area contributed by atoms with Gasteiger partial charge in [-0.2, -0.15) is 5.26 Å². The van der Waals surface area contributed by atoms with Crippen molar-refractivity contribution in [3.8, 4) is 11.8 Å². The van der Waals surface area contributed by atoms with Crippen LogP contribution in [0.4, 0.5) is 0 Å². The SMILES string of the molecule is COc1ccc2c(c1)CC(C#N)(N1CCN(C)CC1)CC2. The molecule has 1 aromatic rings. The topological polar surface area (TPSA) is 39.5 Å². The zero-order chi connectivity index (χ0) is 14.9. The van der Waals surface area contributed by atoms with E-state index in [0.29, 0.717) is 0 Å². The molecule has 3 rings (SSSR count). The lowest BCUT2D eigenvalue weighted by atomic mass is 9.77. The van der Waals surface area contributed by atoms with Gasteiger partial charge in [0, 0.05) is 32.6 Å². The summed E-state index contributed by atoms with van der Waals surface area (Å²) in [5.74, 6) is 0.890. The standard InChI is InChI=1S/C17H23N3O/c1-19-7-9-20(10-8-19)17(13-18)6-5-14-3-4-16(21-2)11-15(14)12-17/h3-4,11H,5-10,12H2,1-2H3. The molecule has 0 saturated carbocycles. The van der Waals surface area contributed by atoms with E-state index in [9.17, 15) is 5.26 Å². The van der Waals surface area contributed by atoms with Crippen LogP contribution in [0.5, 0.6) is 5.75 Å². The third-order valence-corrected chi connectivity index (χ3v) is 5.02. The van der Waals surface area contributed by atoms with E-state index < -0.39 is 0 Å². The van der Waals surface area contributed by atoms with E-state index in [0.717, 1.165) is 51.2 Å². The molecule has 1 fully saturated rings. The number of fused-ring (bicyclic) bond motifs is 1. The van der Waals surface area contributed by atoms with Gasteiger partial charge in [-0.05, 0) is 43.1 Å². The molecule has 1 unspecified atom stereocenters. The lowest BCUT2D eigenvalue weighted by Crippen LogP contribution is -2.58. The fourth-order valence-corrected chi connectivity index (χ4v) is 3.55. The van der Waals surface area contributed by atoms with E-state index in [-0.39, 0.29) is 5.54 Å². The van der Waals surface area contributed by atoms with Crippen LogP contribution >= 0.6 is 0 Å². The van der Waals surface area contributed by atoms with Crippen LogP contribution in [-0.4, -0.2) is 55.7 Å². The maximum absolute atomic E-state index is 9.88. The summed E-state index contributed by atoms with van der Waals surface area (Å²) in [6, 6.07) is 8.93. The van der Waals surface area contributed by atoms with Gasteiger partial charge in [-0.1, -0.05) is 6.07 Å². The van der Waals surface area contributed by atoms with Crippen LogP contribution in [0.3, 0.4) is 0 Å². The van der Waals surface area contributed by atoms with Gasteiger partial charge in [-0.25, -0.2) is 0 Å². The monoisotopic (exact) mass is 285 g/mol. The number of nitriles is 1. The van der Waals surface area contributed by atoms with Crippen LogP contribution in [0.25, 0.3) is 0 Å². The quantitative estimate of drug-likeness (QED) is 0.829. The second-order valence-corrected chi connectivity index (χ2v) is 6.25. The van der Waals surface area contributed by atoms with Gasteiger partial charge in [0.15, 0.2) is 0 Å². The lowest BCUT2D eigenvalue weighted by Gasteiger charge is -2.45. The zero-order valence-electron chi connectivity index (χ0n) is 12.9. The van der Waals surface area contributed by atoms with Crippen molar-refractivity contribution in [3.05, 3.63) is 29.3 Å². The highest BCUT2D eigenvalue weighted by atomic mass is 16.5. The summed E-state index contributed by atoms with van der Waals surface area (Å²) in [6.07, 6.45) is 2.74. The van der Waals surface area contributed by atoms with Crippen molar-refractivity contribution in [2.24, 2.45) is 0 Å². The molecule has 21 heavy (non-hydrogen) atoms. The van der Waals surface area contributed by atoms with Crippen LogP contribution in [-0.2, 0) is 12.8 Å². The molecule has 0 radical (unpaired) electrons. The van der Waals surface area contributed by atoms with Crippen LogP contribution < -0.4 is 4.74 Å². The van der Waals surface area contributed by atoms with Crippen LogP contribution in [0.2, 0.25) is 0 Å². The Morgan fingerprint density at radius 2 is 1.95 bits per heavy atom. The lowest BCUT2D eigenvalue weighted by molar-refractivity contribution is 0.0646. The number of rotatable bonds is 2. The Bertz CT molecular complexity index is 558. The first kappa shape index (κ1) is 14.4. The Labute approximate surface area is 126 Å². The number of benzene rings is 1. The van der Waals surface area contributed by atoms with Crippen LogP contribution in [0, 0.1) is 11.3 Å². The zero-order valence-corrected chi connectivity index (χ0v) is 12.9. The molecule has 1 aliphatic heterocycles. The second kappa shape index (κ2) is 5.67. The third-order valence-electron chi connectivity index (χ3n) is 5.02. The van der Waals surface area contributed by atoms with Gasteiger partial charge >= 0.3 is 0 Å². The number of piperazine rings is 1. The predicted molar refractivity (Wildman–Crippen MR) is 82.4 cm³/mol. The van der Waals surface area contributed by atoms with E-state index in [2.05, 4.69) is 35.0 Å². The molecule has 1 atom stereocenters. The number of methoxy groups -OCH3 is 1. The molecule has 4 nitrogen and oxygen atoms in total. The van der Waals surface area contributed by atoms with Gasteiger partial charge in [0.2, 0.25) is 0 Å². The first-order valence-electron chi connectivity index (χ1n) is 7.67. The molecule has 2 aliphatic rings. The molecule has 1 heterocycles. The summed E-state index contributed by atoms with van der Waals surface area (Å²) in [6.45, 7) is 4.08. The Kier molecular flexibility index (Phi) is 3.88. The molecular weight excluding hydrogens is 262 g/mol. The van der Waals surface area contributed by atoms with Crippen molar-refractivity contribution in [2.75, 3.05) is 40.3 Å². The minimum Gasteiger partial charge on any atom is -0.497 e. The minimum absolute atomic E-state index is 0.333. The Balaban J connectivity index is 1.86. The average molecular weight is 285 g/mol. The van der Waals surface area contributed by atoms with Gasteiger partial charge < -0.3 is 9.64 Å². The van der Waals surface area contributed by atoms with Gasteiger partial charge in [0.05, 0.1) is 13.2 Å². The molecular formula is C17H23N3O. The van der Waals surface area contributed by atoms with Crippen molar-refractivity contribution in [1.82, 2.24) is 9.80 Å². The molecule has 4 heteroatoms. The molecule has 1 aromatic carbocycles. The van der Waals surface area contributed by atoms with Gasteiger partial charge in [0.1, 0.15) is 11.3 Å². The van der Waals surface area contributed by atoms with Crippen molar-refractivity contribution in [1.29, 1.82) is 5.26 Å². The first-order valence-corrected chi connectivity index (χ1v) is 7.67. The van der Waals surface area contributed by atoms with E-state index in [1.807, 2.05) is 6.07 Å². The average Bonchev–Trinajstić information content (AvgIpc) is 2.54. The Morgan fingerprint density at radius 1 is 1.19 bits per heavy atom. The molecule has 1 saturated heterocycles. The normalized spacial score (nSPS) is 26.9. The van der Waals surface area contributed by atoms with E-state index in [1.165, 1.54) is 11.1 Å². The number of hydrogen-bond acceptors (Lipinski definition) is 4. The number of nitrogens with zero attached hydrogens (tertiary/aromatic N) is 3. The highest BCUT2D eigenvalue weighted by Gasteiger charge is 2.41. The molecule has 0 spiro atoms. The van der Waals surface area contributed by atoms with E-state index in [1.54, 1.807) is 7.11 Å². The van der Waals surface area contributed by atoms with Crippen LogP contribution in [0.15, 0.2) is 18.2 Å². The number of ether oxygens (including phenoxy) is 1. The molecule has 112 valence electrons.